The third-order valence-corrected chi connectivity index (χ3v) is 6.60. The minimum Gasteiger partial charge on any atom is -0.393 e. The molecule has 3 rings (SSSR count). The van der Waals surface area contributed by atoms with Gasteiger partial charge in [-0.25, -0.2) is 13.4 Å². The first kappa shape index (κ1) is 16.7. The van der Waals surface area contributed by atoms with Crippen LogP contribution in [0.15, 0.2) is 23.2 Å². The zero-order valence-electron chi connectivity index (χ0n) is 13.6. The Morgan fingerprint density at radius 1 is 1.30 bits per heavy atom. The van der Waals surface area contributed by atoms with Crippen LogP contribution in [-0.4, -0.2) is 54.6 Å². The highest BCUT2D eigenvalue weighted by atomic mass is 32.2. The Morgan fingerprint density at radius 2 is 2.04 bits per heavy atom. The Balaban J connectivity index is 1.85. The van der Waals surface area contributed by atoms with Gasteiger partial charge in [-0.2, -0.15) is 4.31 Å². The van der Waals surface area contributed by atoms with Crippen molar-refractivity contribution in [2.24, 2.45) is 0 Å². The summed E-state index contributed by atoms with van der Waals surface area (Å²) in [5.41, 5.74) is 0. The molecule has 6 nitrogen and oxygen atoms in total. The van der Waals surface area contributed by atoms with Gasteiger partial charge in [0.25, 0.3) is 0 Å². The zero-order valence-corrected chi connectivity index (χ0v) is 14.4. The van der Waals surface area contributed by atoms with E-state index in [1.807, 2.05) is 0 Å². The normalized spacial score (nSPS) is 24.3. The molecule has 1 aromatic heterocycles. The van der Waals surface area contributed by atoms with Crippen molar-refractivity contribution in [2.75, 3.05) is 24.5 Å². The van der Waals surface area contributed by atoms with Crippen molar-refractivity contribution in [3.8, 4) is 0 Å². The summed E-state index contributed by atoms with van der Waals surface area (Å²) in [6.45, 7) is 3.86. The molecule has 1 aromatic rings. The van der Waals surface area contributed by atoms with Gasteiger partial charge in [-0.1, -0.05) is 0 Å². The van der Waals surface area contributed by atoms with E-state index in [9.17, 15) is 13.5 Å². The van der Waals surface area contributed by atoms with Crippen LogP contribution >= 0.6 is 0 Å². The van der Waals surface area contributed by atoms with Crippen molar-refractivity contribution in [3.63, 3.8) is 0 Å². The molecule has 0 aromatic carbocycles. The van der Waals surface area contributed by atoms with Gasteiger partial charge in [-0.05, 0) is 45.1 Å². The highest BCUT2D eigenvalue weighted by Crippen LogP contribution is 2.29. The van der Waals surface area contributed by atoms with Gasteiger partial charge in [-0.3, -0.25) is 0 Å². The number of nitrogens with zero attached hydrogens (tertiary/aromatic N) is 3. The van der Waals surface area contributed by atoms with Crippen LogP contribution in [0.1, 0.15) is 39.0 Å². The van der Waals surface area contributed by atoms with E-state index in [0.29, 0.717) is 30.2 Å². The number of hydrogen-bond acceptors (Lipinski definition) is 5. The number of sulfonamides is 1. The summed E-state index contributed by atoms with van der Waals surface area (Å²) < 4.78 is 27.0. The first-order valence-corrected chi connectivity index (χ1v) is 9.83. The molecule has 2 fully saturated rings. The third kappa shape index (κ3) is 3.51. The van der Waals surface area contributed by atoms with Gasteiger partial charge < -0.3 is 10.0 Å². The average Bonchev–Trinajstić information content (AvgIpc) is 3.18. The Morgan fingerprint density at radius 3 is 2.74 bits per heavy atom. The number of aromatic nitrogens is 1. The summed E-state index contributed by atoms with van der Waals surface area (Å²) in [4.78, 5) is 6.84. The predicted octanol–water partition coefficient (Wildman–Crippen LogP) is 1.61. The molecule has 2 saturated heterocycles. The monoisotopic (exact) mass is 339 g/mol. The lowest BCUT2D eigenvalue weighted by Gasteiger charge is -2.27. The Labute approximate surface area is 138 Å². The van der Waals surface area contributed by atoms with Crippen molar-refractivity contribution in [3.05, 3.63) is 18.3 Å². The van der Waals surface area contributed by atoms with Crippen LogP contribution in [-0.2, 0) is 10.0 Å². The quantitative estimate of drug-likeness (QED) is 0.882. The first-order chi connectivity index (χ1) is 11.0. The summed E-state index contributed by atoms with van der Waals surface area (Å²) in [5.74, 6) is 0.702. The minimum atomic E-state index is -3.41. The van der Waals surface area contributed by atoms with E-state index in [1.165, 1.54) is 0 Å². The molecule has 1 N–H and O–H groups in total. The lowest BCUT2D eigenvalue weighted by Crippen LogP contribution is -2.33. The molecule has 23 heavy (non-hydrogen) atoms. The standard InChI is InChI=1S/C16H25N3O3S/c1-13(20)11-14-5-4-10-19(14)16-12-15(6-7-17-16)23(21,22)18-8-2-3-9-18/h6-7,12-14,20H,2-5,8-11H2,1H3. The zero-order chi connectivity index (χ0) is 16.4. The van der Waals surface area contributed by atoms with Gasteiger partial charge in [0.15, 0.2) is 0 Å². The lowest BCUT2D eigenvalue weighted by molar-refractivity contribution is 0.175. The molecule has 0 bridgehead atoms. The SMILES string of the molecule is CC(O)CC1CCCN1c1cc(S(=O)(=O)N2CCCC2)ccn1. The van der Waals surface area contributed by atoms with E-state index in [4.69, 9.17) is 0 Å². The van der Waals surface area contributed by atoms with Crippen molar-refractivity contribution in [2.45, 2.75) is 56.1 Å². The smallest absolute Gasteiger partial charge is 0.243 e. The second-order valence-electron chi connectivity index (χ2n) is 6.54. The maximum atomic E-state index is 12.7. The molecular formula is C16H25N3O3S. The molecule has 0 spiro atoms. The van der Waals surface area contributed by atoms with Crippen LogP contribution in [0.5, 0.6) is 0 Å². The summed E-state index contributed by atoms with van der Waals surface area (Å²) in [7, 11) is -3.41. The molecule has 128 valence electrons. The van der Waals surface area contributed by atoms with Gasteiger partial charge >= 0.3 is 0 Å². The van der Waals surface area contributed by atoms with E-state index in [1.54, 1.807) is 29.6 Å². The van der Waals surface area contributed by atoms with Gasteiger partial charge in [0, 0.05) is 37.9 Å². The molecule has 2 unspecified atom stereocenters. The first-order valence-electron chi connectivity index (χ1n) is 8.39. The number of aliphatic hydroxyl groups excluding tert-OH is 1. The van der Waals surface area contributed by atoms with Crippen LogP contribution in [0.3, 0.4) is 0 Å². The fourth-order valence-corrected chi connectivity index (χ4v) is 5.10. The van der Waals surface area contributed by atoms with E-state index in [-0.39, 0.29) is 12.1 Å². The molecule has 2 atom stereocenters. The van der Waals surface area contributed by atoms with E-state index in [2.05, 4.69) is 9.88 Å². The number of anilines is 1. The molecule has 7 heteroatoms. The van der Waals surface area contributed by atoms with Crippen LogP contribution in [0, 0.1) is 0 Å². The molecule has 0 saturated carbocycles. The van der Waals surface area contributed by atoms with E-state index >= 15 is 0 Å². The largest absolute Gasteiger partial charge is 0.393 e. The Kier molecular flexibility index (Phi) is 4.89. The third-order valence-electron chi connectivity index (χ3n) is 4.70. The fraction of sp³-hybridized carbons (Fsp3) is 0.688. The minimum absolute atomic E-state index is 0.229. The molecular weight excluding hydrogens is 314 g/mol. The van der Waals surface area contributed by atoms with E-state index < -0.39 is 10.0 Å². The summed E-state index contributed by atoms with van der Waals surface area (Å²) in [6, 6.07) is 3.50. The summed E-state index contributed by atoms with van der Waals surface area (Å²) in [6.07, 6.45) is 5.81. The summed E-state index contributed by atoms with van der Waals surface area (Å²) in [5, 5.41) is 9.66. The van der Waals surface area contributed by atoms with Crippen LogP contribution < -0.4 is 4.90 Å². The maximum absolute atomic E-state index is 12.7. The molecule has 0 radical (unpaired) electrons. The lowest BCUT2D eigenvalue weighted by atomic mass is 10.1. The maximum Gasteiger partial charge on any atom is 0.243 e. The molecule has 0 aliphatic carbocycles. The van der Waals surface area contributed by atoms with Crippen LogP contribution in [0.25, 0.3) is 0 Å². The van der Waals surface area contributed by atoms with Gasteiger partial charge in [0.05, 0.1) is 11.0 Å². The van der Waals surface area contributed by atoms with Crippen LogP contribution in [0.2, 0.25) is 0 Å². The average molecular weight is 339 g/mol. The second kappa shape index (κ2) is 6.75. The van der Waals surface area contributed by atoms with Crippen molar-refractivity contribution < 1.29 is 13.5 Å². The van der Waals surface area contributed by atoms with Crippen LogP contribution in [0.4, 0.5) is 5.82 Å². The highest BCUT2D eigenvalue weighted by Gasteiger charge is 2.30. The van der Waals surface area contributed by atoms with Crippen molar-refractivity contribution in [1.29, 1.82) is 0 Å². The number of rotatable bonds is 5. The Hall–Kier alpha value is -1.18. The highest BCUT2D eigenvalue weighted by molar-refractivity contribution is 7.89. The number of pyridine rings is 1. The topological polar surface area (TPSA) is 73.7 Å². The van der Waals surface area contributed by atoms with E-state index in [0.717, 1.165) is 32.2 Å². The molecule has 2 aliphatic rings. The number of aliphatic hydroxyl groups is 1. The van der Waals surface area contributed by atoms with Gasteiger partial charge in [0.2, 0.25) is 10.0 Å². The molecule has 0 amide bonds. The van der Waals surface area contributed by atoms with Gasteiger partial charge in [-0.15, -0.1) is 0 Å². The number of hydrogen-bond donors (Lipinski definition) is 1. The predicted molar refractivity (Wildman–Crippen MR) is 88.9 cm³/mol. The van der Waals surface area contributed by atoms with Crippen molar-refractivity contribution in [1.82, 2.24) is 9.29 Å². The second-order valence-corrected chi connectivity index (χ2v) is 8.47. The fourth-order valence-electron chi connectivity index (χ4n) is 3.57. The molecule has 3 heterocycles. The molecule has 2 aliphatic heterocycles. The van der Waals surface area contributed by atoms with Gasteiger partial charge in [0.1, 0.15) is 5.82 Å². The summed E-state index contributed by atoms with van der Waals surface area (Å²) >= 11 is 0. The van der Waals surface area contributed by atoms with Crippen molar-refractivity contribution >= 4 is 15.8 Å². The Bertz CT molecular complexity index is 642.